The Balaban J connectivity index is 1.89. The SMILES string of the molecule is Nc1nc2c(c3ccccc13)C(c1ccc[nH]1)c1cc(Br)ccc1O2. The van der Waals surface area contributed by atoms with Crippen LogP contribution in [0, 0.1) is 0 Å². The number of rotatable bonds is 1. The first-order valence-electron chi connectivity index (χ1n) is 8.01. The Kier molecular flexibility index (Phi) is 3.12. The predicted molar refractivity (Wildman–Crippen MR) is 102 cm³/mol. The topological polar surface area (TPSA) is 63.9 Å². The summed E-state index contributed by atoms with van der Waals surface area (Å²) in [6.07, 6.45) is 1.94. The normalized spacial score (nSPS) is 15.5. The van der Waals surface area contributed by atoms with Gasteiger partial charge in [-0.15, -0.1) is 0 Å². The van der Waals surface area contributed by atoms with Gasteiger partial charge in [0.1, 0.15) is 11.6 Å². The number of nitrogen functional groups attached to an aromatic ring is 1. The number of aromatic amines is 1. The number of pyridine rings is 1. The maximum absolute atomic E-state index is 6.18. The standard InChI is InChI=1S/C20H14BrN3O/c21-11-7-8-16-14(10-11)17(15-6-3-9-23-15)18-12-4-1-2-5-13(12)19(22)24-20(18)25-16/h1-10,17,23H,(H2,22,24). The minimum Gasteiger partial charge on any atom is -0.438 e. The molecule has 1 aliphatic heterocycles. The maximum atomic E-state index is 6.18. The molecule has 4 nitrogen and oxygen atoms in total. The monoisotopic (exact) mass is 391 g/mol. The molecule has 0 bridgehead atoms. The molecule has 0 fully saturated rings. The second kappa shape index (κ2) is 5.36. The van der Waals surface area contributed by atoms with Gasteiger partial charge in [0, 0.05) is 32.9 Å². The molecule has 5 rings (SSSR count). The Bertz CT molecular complexity index is 1110. The predicted octanol–water partition coefficient (Wildman–Crippen LogP) is 5.19. The zero-order valence-corrected chi connectivity index (χ0v) is 14.7. The van der Waals surface area contributed by atoms with Crippen molar-refractivity contribution >= 4 is 32.5 Å². The number of H-pyrrole nitrogens is 1. The summed E-state index contributed by atoms with van der Waals surface area (Å²) in [4.78, 5) is 7.91. The molecular formula is C20H14BrN3O. The van der Waals surface area contributed by atoms with Crippen LogP contribution in [0.3, 0.4) is 0 Å². The number of nitrogens with one attached hydrogen (secondary N) is 1. The molecule has 0 saturated heterocycles. The Hall–Kier alpha value is -2.79. The van der Waals surface area contributed by atoms with Crippen molar-refractivity contribution in [2.24, 2.45) is 0 Å². The molecule has 5 heteroatoms. The van der Waals surface area contributed by atoms with E-state index in [9.17, 15) is 0 Å². The first-order valence-corrected chi connectivity index (χ1v) is 8.80. The molecule has 25 heavy (non-hydrogen) atoms. The lowest BCUT2D eigenvalue weighted by Crippen LogP contribution is -2.14. The molecule has 1 atom stereocenters. The summed E-state index contributed by atoms with van der Waals surface area (Å²) in [6, 6.07) is 18.2. The van der Waals surface area contributed by atoms with Crippen molar-refractivity contribution in [3.8, 4) is 11.6 Å². The van der Waals surface area contributed by atoms with Crippen LogP contribution >= 0.6 is 15.9 Å². The fraction of sp³-hybridized carbons (Fsp3) is 0.0500. The molecule has 3 heterocycles. The van der Waals surface area contributed by atoms with Crippen molar-refractivity contribution in [3.63, 3.8) is 0 Å². The summed E-state index contributed by atoms with van der Waals surface area (Å²) in [7, 11) is 0. The zero-order chi connectivity index (χ0) is 17.0. The average molecular weight is 392 g/mol. The largest absolute Gasteiger partial charge is 0.438 e. The number of benzene rings is 2. The number of nitrogens with zero attached hydrogens (tertiary/aromatic N) is 1. The van der Waals surface area contributed by atoms with Gasteiger partial charge in [-0.25, -0.2) is 0 Å². The highest BCUT2D eigenvalue weighted by atomic mass is 79.9. The van der Waals surface area contributed by atoms with Crippen molar-refractivity contribution in [2.75, 3.05) is 5.73 Å². The number of fused-ring (bicyclic) bond motifs is 4. The van der Waals surface area contributed by atoms with E-state index in [-0.39, 0.29) is 5.92 Å². The molecule has 1 unspecified atom stereocenters. The average Bonchev–Trinajstić information content (AvgIpc) is 3.15. The van der Waals surface area contributed by atoms with Crippen LogP contribution in [0.15, 0.2) is 65.3 Å². The van der Waals surface area contributed by atoms with Crippen molar-refractivity contribution in [1.29, 1.82) is 0 Å². The summed E-state index contributed by atoms with van der Waals surface area (Å²) < 4.78 is 7.14. The van der Waals surface area contributed by atoms with Gasteiger partial charge < -0.3 is 15.5 Å². The van der Waals surface area contributed by atoms with Crippen molar-refractivity contribution in [3.05, 3.63) is 82.1 Å². The number of ether oxygens (including phenoxy) is 1. The van der Waals surface area contributed by atoms with Crippen LogP contribution in [0.4, 0.5) is 5.82 Å². The first kappa shape index (κ1) is 14.5. The van der Waals surface area contributed by atoms with Crippen LogP contribution in [0.25, 0.3) is 10.8 Å². The van der Waals surface area contributed by atoms with Crippen LogP contribution < -0.4 is 10.5 Å². The highest BCUT2D eigenvalue weighted by Crippen LogP contribution is 2.49. The number of anilines is 1. The number of halogens is 1. The molecule has 2 aromatic heterocycles. The highest BCUT2D eigenvalue weighted by Gasteiger charge is 2.32. The molecule has 2 aromatic carbocycles. The number of aromatic nitrogens is 2. The molecule has 4 aromatic rings. The van der Waals surface area contributed by atoms with Crippen LogP contribution in [0.2, 0.25) is 0 Å². The van der Waals surface area contributed by atoms with E-state index in [1.165, 1.54) is 0 Å². The van der Waals surface area contributed by atoms with E-state index in [1.807, 2.05) is 42.6 Å². The summed E-state index contributed by atoms with van der Waals surface area (Å²) in [5.74, 6) is 1.87. The molecule has 122 valence electrons. The third-order valence-corrected chi connectivity index (χ3v) is 5.15. The van der Waals surface area contributed by atoms with Gasteiger partial charge in [0.15, 0.2) is 0 Å². The lowest BCUT2D eigenvalue weighted by atomic mass is 9.84. The van der Waals surface area contributed by atoms with Crippen LogP contribution in [-0.4, -0.2) is 9.97 Å². The van der Waals surface area contributed by atoms with Gasteiger partial charge in [-0.1, -0.05) is 40.2 Å². The molecule has 1 aliphatic rings. The number of nitrogens with two attached hydrogens (primary N) is 1. The van der Waals surface area contributed by atoms with Crippen molar-refractivity contribution < 1.29 is 4.74 Å². The molecular weight excluding hydrogens is 378 g/mol. The van der Waals surface area contributed by atoms with Gasteiger partial charge in [-0.05, 0) is 35.7 Å². The van der Waals surface area contributed by atoms with Gasteiger partial charge in [-0.2, -0.15) is 4.98 Å². The van der Waals surface area contributed by atoms with E-state index >= 15 is 0 Å². The number of hydrogen-bond donors (Lipinski definition) is 2. The summed E-state index contributed by atoms with van der Waals surface area (Å²) >= 11 is 3.58. The third kappa shape index (κ3) is 2.16. The summed E-state index contributed by atoms with van der Waals surface area (Å²) in [5, 5.41) is 2.01. The lowest BCUT2D eigenvalue weighted by Gasteiger charge is -2.28. The Morgan fingerprint density at radius 3 is 2.68 bits per heavy atom. The minimum atomic E-state index is 0.00394. The van der Waals surface area contributed by atoms with Crippen molar-refractivity contribution in [1.82, 2.24) is 9.97 Å². The van der Waals surface area contributed by atoms with E-state index in [1.54, 1.807) is 0 Å². The number of hydrogen-bond acceptors (Lipinski definition) is 3. The minimum absolute atomic E-state index is 0.00394. The second-order valence-electron chi connectivity index (χ2n) is 6.10. The van der Waals surface area contributed by atoms with Crippen molar-refractivity contribution in [2.45, 2.75) is 5.92 Å². The highest BCUT2D eigenvalue weighted by molar-refractivity contribution is 9.10. The second-order valence-corrected chi connectivity index (χ2v) is 7.02. The molecule has 0 aliphatic carbocycles. The van der Waals surface area contributed by atoms with E-state index < -0.39 is 0 Å². The lowest BCUT2D eigenvalue weighted by molar-refractivity contribution is 0.435. The van der Waals surface area contributed by atoms with Crippen LogP contribution in [0.5, 0.6) is 11.6 Å². The molecule has 0 saturated carbocycles. The van der Waals surface area contributed by atoms with Gasteiger partial charge >= 0.3 is 0 Å². The molecule has 0 amide bonds. The molecule has 0 radical (unpaired) electrons. The maximum Gasteiger partial charge on any atom is 0.226 e. The van der Waals surface area contributed by atoms with Gasteiger partial charge in [0.2, 0.25) is 5.88 Å². The van der Waals surface area contributed by atoms with E-state index in [4.69, 9.17) is 10.5 Å². The zero-order valence-electron chi connectivity index (χ0n) is 13.2. The van der Waals surface area contributed by atoms with E-state index in [2.05, 4.69) is 44.1 Å². The Morgan fingerprint density at radius 2 is 1.88 bits per heavy atom. The summed E-state index contributed by atoms with van der Waals surface area (Å²) in [5.41, 5.74) is 9.42. The third-order valence-electron chi connectivity index (χ3n) is 4.66. The Labute approximate surface area is 152 Å². The van der Waals surface area contributed by atoms with Gasteiger partial charge in [0.05, 0.1) is 5.92 Å². The smallest absolute Gasteiger partial charge is 0.226 e. The fourth-order valence-corrected chi connectivity index (χ4v) is 3.97. The molecule has 3 N–H and O–H groups in total. The van der Waals surface area contributed by atoms with E-state index in [0.29, 0.717) is 11.7 Å². The first-order chi connectivity index (χ1) is 12.2. The van der Waals surface area contributed by atoms with Gasteiger partial charge in [-0.3, -0.25) is 0 Å². The van der Waals surface area contributed by atoms with Crippen LogP contribution in [-0.2, 0) is 0 Å². The Morgan fingerprint density at radius 1 is 1.04 bits per heavy atom. The van der Waals surface area contributed by atoms with E-state index in [0.717, 1.165) is 37.8 Å². The molecule has 0 spiro atoms. The van der Waals surface area contributed by atoms with Gasteiger partial charge in [0.25, 0.3) is 0 Å². The fourth-order valence-electron chi connectivity index (χ4n) is 3.59. The van der Waals surface area contributed by atoms with Crippen LogP contribution in [0.1, 0.15) is 22.7 Å². The summed E-state index contributed by atoms with van der Waals surface area (Å²) in [6.45, 7) is 0. The quantitative estimate of drug-likeness (QED) is 0.413.